The zero-order valence-electron chi connectivity index (χ0n) is 23.6. The zero-order chi connectivity index (χ0) is 28.1. The molecular formula is C29H38N6O4. The lowest BCUT2D eigenvalue weighted by atomic mass is 10.1. The number of aromatic nitrogens is 3. The van der Waals surface area contributed by atoms with Crippen LogP contribution in [0.25, 0.3) is 11.3 Å². The van der Waals surface area contributed by atoms with E-state index in [1.54, 1.807) is 22.7 Å². The Morgan fingerprint density at radius 3 is 2.56 bits per heavy atom. The van der Waals surface area contributed by atoms with Crippen molar-refractivity contribution in [3.63, 3.8) is 0 Å². The van der Waals surface area contributed by atoms with Crippen LogP contribution in [-0.2, 0) is 29.5 Å². The highest BCUT2D eigenvalue weighted by Gasteiger charge is 2.37. The maximum absolute atomic E-state index is 13.5. The molecule has 0 aliphatic carbocycles. The van der Waals surface area contributed by atoms with E-state index in [1.165, 1.54) is 0 Å². The molecule has 1 aliphatic heterocycles. The van der Waals surface area contributed by atoms with Crippen LogP contribution in [0.3, 0.4) is 0 Å². The highest BCUT2D eigenvalue weighted by molar-refractivity contribution is 5.69. The Bertz CT molecular complexity index is 1360. The minimum atomic E-state index is -0.393. The molecule has 1 unspecified atom stereocenters. The van der Waals surface area contributed by atoms with Crippen molar-refractivity contribution in [1.82, 2.24) is 19.4 Å². The minimum absolute atomic E-state index is 0.206. The van der Waals surface area contributed by atoms with Gasteiger partial charge in [-0.1, -0.05) is 37.3 Å². The van der Waals surface area contributed by atoms with Crippen molar-refractivity contribution in [2.24, 2.45) is 7.05 Å². The standard InChI is InChI=1S/C29H38N6O4/c1-7-22-27(34(6)28(36)26(31-22)21-15-30-25(33(4)5)14-19(21)3)32-23-16-35(17-24(23)38-8-2)29(37)39-18-20-12-10-9-11-13-20/h9-15,23-24,32H,7-8,16-18H2,1-6H3/t23?,24-/m0/s1. The van der Waals surface area contributed by atoms with Crippen molar-refractivity contribution >= 4 is 17.7 Å². The molecule has 2 aromatic heterocycles. The van der Waals surface area contributed by atoms with E-state index in [0.29, 0.717) is 43.2 Å². The van der Waals surface area contributed by atoms with Crippen molar-refractivity contribution in [3.05, 3.63) is 69.8 Å². The second kappa shape index (κ2) is 12.3. The second-order valence-electron chi connectivity index (χ2n) is 9.92. The molecule has 1 fully saturated rings. The van der Waals surface area contributed by atoms with Crippen LogP contribution < -0.4 is 15.8 Å². The number of carbonyl (C=O) groups excluding carboxylic acids is 1. The largest absolute Gasteiger partial charge is 0.445 e. The lowest BCUT2D eigenvalue weighted by Crippen LogP contribution is -2.37. The van der Waals surface area contributed by atoms with Crippen LogP contribution in [0.2, 0.25) is 0 Å². The highest BCUT2D eigenvalue weighted by Crippen LogP contribution is 2.26. The smallest absolute Gasteiger partial charge is 0.410 e. The summed E-state index contributed by atoms with van der Waals surface area (Å²) in [5.74, 6) is 1.44. The molecule has 3 heterocycles. The van der Waals surface area contributed by atoms with Crippen molar-refractivity contribution in [2.45, 2.75) is 45.9 Å². The van der Waals surface area contributed by atoms with E-state index < -0.39 is 6.09 Å². The SMILES string of the molecule is CCO[C@H]1CN(C(=O)OCc2ccccc2)CC1Nc1c(CC)nc(-c2cnc(N(C)C)cc2C)c(=O)n1C. The van der Waals surface area contributed by atoms with Gasteiger partial charge < -0.3 is 24.6 Å². The number of likely N-dealkylation sites (tertiary alicyclic amines) is 1. The van der Waals surface area contributed by atoms with Crippen molar-refractivity contribution in [2.75, 3.05) is 44.0 Å². The number of amides is 1. The molecule has 1 amide bonds. The van der Waals surface area contributed by atoms with E-state index in [1.807, 2.05) is 76.2 Å². The third-order valence-electron chi connectivity index (χ3n) is 6.94. The van der Waals surface area contributed by atoms with Gasteiger partial charge in [-0.3, -0.25) is 9.36 Å². The van der Waals surface area contributed by atoms with Crippen LogP contribution in [0.5, 0.6) is 0 Å². The van der Waals surface area contributed by atoms with Crippen LogP contribution in [0, 0.1) is 6.92 Å². The van der Waals surface area contributed by atoms with Crippen LogP contribution >= 0.6 is 0 Å². The Hall–Kier alpha value is -3.92. The lowest BCUT2D eigenvalue weighted by molar-refractivity contribution is 0.0579. The van der Waals surface area contributed by atoms with Gasteiger partial charge in [0.25, 0.3) is 5.56 Å². The average Bonchev–Trinajstić information content (AvgIpc) is 3.33. The molecule has 0 saturated carbocycles. The summed E-state index contributed by atoms with van der Waals surface area (Å²) in [6, 6.07) is 11.3. The number of nitrogens with zero attached hydrogens (tertiary/aromatic N) is 5. The van der Waals surface area contributed by atoms with E-state index in [2.05, 4.69) is 10.3 Å². The summed E-state index contributed by atoms with van der Waals surface area (Å²) >= 11 is 0. The van der Waals surface area contributed by atoms with Gasteiger partial charge in [-0.25, -0.2) is 14.8 Å². The monoisotopic (exact) mass is 534 g/mol. The number of pyridine rings is 1. The number of aryl methyl sites for hydroxylation is 2. The van der Waals surface area contributed by atoms with E-state index in [0.717, 1.165) is 22.6 Å². The topological polar surface area (TPSA) is 102 Å². The molecule has 1 N–H and O–H groups in total. The first-order valence-corrected chi connectivity index (χ1v) is 13.3. The van der Waals surface area contributed by atoms with E-state index in [4.69, 9.17) is 14.5 Å². The summed E-state index contributed by atoms with van der Waals surface area (Å²) in [5, 5.41) is 3.48. The third kappa shape index (κ3) is 6.22. The van der Waals surface area contributed by atoms with Crippen LogP contribution in [-0.4, -0.2) is 71.5 Å². The summed E-state index contributed by atoms with van der Waals surface area (Å²) in [6.07, 6.45) is 1.67. The van der Waals surface area contributed by atoms with Crippen molar-refractivity contribution in [3.8, 4) is 11.3 Å². The van der Waals surface area contributed by atoms with Gasteiger partial charge in [-0.05, 0) is 37.5 Å². The number of nitrogens with one attached hydrogen (secondary N) is 1. The molecule has 208 valence electrons. The quantitative estimate of drug-likeness (QED) is 0.444. The number of hydrogen-bond donors (Lipinski definition) is 1. The molecule has 0 bridgehead atoms. The second-order valence-corrected chi connectivity index (χ2v) is 9.92. The number of anilines is 2. The first kappa shape index (κ1) is 28.1. The van der Waals surface area contributed by atoms with E-state index >= 15 is 0 Å². The molecule has 4 rings (SSSR count). The Morgan fingerprint density at radius 2 is 1.92 bits per heavy atom. The molecule has 1 saturated heterocycles. The summed E-state index contributed by atoms with van der Waals surface area (Å²) < 4.78 is 13.1. The number of rotatable bonds is 9. The molecule has 2 atom stereocenters. The zero-order valence-corrected chi connectivity index (χ0v) is 23.6. The van der Waals surface area contributed by atoms with Gasteiger partial charge in [0.1, 0.15) is 23.9 Å². The van der Waals surface area contributed by atoms with Crippen LogP contribution in [0.15, 0.2) is 47.4 Å². The fraction of sp³-hybridized carbons (Fsp3) is 0.448. The maximum Gasteiger partial charge on any atom is 0.410 e. The predicted molar refractivity (Wildman–Crippen MR) is 152 cm³/mol. The maximum atomic E-state index is 13.5. The molecule has 10 nitrogen and oxygen atoms in total. The Labute approximate surface area is 229 Å². The Balaban J connectivity index is 1.57. The number of ether oxygens (including phenoxy) is 2. The first-order valence-electron chi connectivity index (χ1n) is 13.3. The Morgan fingerprint density at radius 1 is 1.18 bits per heavy atom. The normalized spacial score (nSPS) is 16.8. The molecular weight excluding hydrogens is 496 g/mol. The molecule has 0 radical (unpaired) electrons. The highest BCUT2D eigenvalue weighted by atomic mass is 16.6. The van der Waals surface area contributed by atoms with Crippen molar-refractivity contribution < 1.29 is 14.3 Å². The van der Waals surface area contributed by atoms with Crippen LogP contribution in [0.1, 0.15) is 30.7 Å². The van der Waals surface area contributed by atoms with Gasteiger partial charge in [0, 0.05) is 46.1 Å². The van der Waals surface area contributed by atoms with E-state index in [-0.39, 0.29) is 24.3 Å². The summed E-state index contributed by atoms with van der Waals surface area (Å²) in [4.78, 5) is 39.2. The van der Waals surface area contributed by atoms with Gasteiger partial charge in [0.15, 0.2) is 0 Å². The molecule has 0 spiro atoms. The summed E-state index contributed by atoms with van der Waals surface area (Å²) in [5.41, 5.74) is 3.47. The van der Waals surface area contributed by atoms with Gasteiger partial charge >= 0.3 is 6.09 Å². The minimum Gasteiger partial charge on any atom is -0.445 e. The summed E-state index contributed by atoms with van der Waals surface area (Å²) in [7, 11) is 5.59. The molecule has 3 aromatic rings. The third-order valence-corrected chi connectivity index (χ3v) is 6.94. The summed E-state index contributed by atoms with van der Waals surface area (Å²) in [6.45, 7) is 7.37. The number of carbonyl (C=O) groups is 1. The van der Waals surface area contributed by atoms with Gasteiger partial charge in [0.05, 0.1) is 24.4 Å². The van der Waals surface area contributed by atoms with E-state index in [9.17, 15) is 9.59 Å². The van der Waals surface area contributed by atoms with Crippen molar-refractivity contribution in [1.29, 1.82) is 0 Å². The molecule has 39 heavy (non-hydrogen) atoms. The first-order chi connectivity index (χ1) is 18.7. The number of benzene rings is 1. The fourth-order valence-corrected chi connectivity index (χ4v) is 4.76. The lowest BCUT2D eigenvalue weighted by Gasteiger charge is -2.24. The van der Waals surface area contributed by atoms with Gasteiger partial charge in [-0.15, -0.1) is 0 Å². The van der Waals surface area contributed by atoms with Crippen LogP contribution in [0.4, 0.5) is 16.4 Å². The Kier molecular flexibility index (Phi) is 8.86. The molecule has 1 aliphatic rings. The molecule has 1 aromatic carbocycles. The average molecular weight is 535 g/mol. The van der Waals surface area contributed by atoms with Gasteiger partial charge in [-0.2, -0.15) is 0 Å². The van der Waals surface area contributed by atoms with Gasteiger partial charge in [0.2, 0.25) is 0 Å². The predicted octanol–water partition coefficient (Wildman–Crippen LogP) is 3.62. The fourth-order valence-electron chi connectivity index (χ4n) is 4.76. The molecule has 10 heteroatoms. The number of hydrogen-bond acceptors (Lipinski definition) is 8.